The summed E-state index contributed by atoms with van der Waals surface area (Å²) in [5.74, 6) is -0.895. The lowest BCUT2D eigenvalue weighted by Crippen LogP contribution is -2.48. The molecule has 0 fully saturated rings. The van der Waals surface area contributed by atoms with E-state index in [1.165, 1.54) is 4.90 Å². The number of rotatable bonds is 9. The van der Waals surface area contributed by atoms with Crippen molar-refractivity contribution in [2.45, 2.75) is 59.7 Å². The van der Waals surface area contributed by atoms with Crippen LogP contribution in [0.1, 0.15) is 55.3 Å². The molecule has 7 nitrogen and oxygen atoms in total. The Bertz CT molecular complexity index is 1210. The molecule has 9 heteroatoms. The monoisotopic (exact) mass is 470 g/mol. The highest BCUT2D eigenvalue weighted by molar-refractivity contribution is 5.84. The molecule has 0 bridgehead atoms. The van der Waals surface area contributed by atoms with E-state index >= 15 is 0 Å². The van der Waals surface area contributed by atoms with Gasteiger partial charge in [0, 0.05) is 35.9 Å². The topological polar surface area (TPSA) is 81.2 Å². The van der Waals surface area contributed by atoms with Crippen molar-refractivity contribution < 1.29 is 22.9 Å². The number of hydrogen-bond donors (Lipinski definition) is 0. The van der Waals surface area contributed by atoms with Crippen molar-refractivity contribution in [1.82, 2.24) is 19.8 Å². The zero-order valence-electron chi connectivity index (χ0n) is 19.9. The predicted molar refractivity (Wildman–Crippen MR) is 123 cm³/mol. The molecule has 0 saturated carbocycles. The van der Waals surface area contributed by atoms with Gasteiger partial charge in [-0.15, -0.1) is 0 Å². The van der Waals surface area contributed by atoms with Crippen molar-refractivity contribution in [3.8, 4) is 0 Å². The normalized spacial score (nSPS) is 12.1. The zero-order valence-corrected chi connectivity index (χ0v) is 19.9. The molecule has 0 atom stereocenters. The van der Waals surface area contributed by atoms with E-state index in [9.17, 15) is 18.4 Å². The highest BCUT2D eigenvalue weighted by atomic mass is 19.1. The van der Waals surface area contributed by atoms with Crippen LogP contribution in [0.25, 0.3) is 6.08 Å². The Hall–Kier alpha value is -3.62. The molecule has 0 spiro atoms. The lowest BCUT2D eigenvalue weighted by atomic mass is 10.0. The molecule has 0 unspecified atom stereocenters. The number of carbonyl (C=O) groups excluding carboxylic acids is 2. The van der Waals surface area contributed by atoms with E-state index in [0.29, 0.717) is 12.8 Å². The molecule has 2 aromatic heterocycles. The Balaban J connectivity index is 1.75. The number of hydrogen-bond acceptors (Lipinski definition) is 5. The standard InChI is InChI=1S/C25H28F2N4O3/c1-16(8-19-11-28-30(12-19)14-22-17(2)29-34-18(22)3)9-24(33)31(25(4,5)15-32)13-20-10-21(26)6-7-23(20)27/h6-8,10-12,15H,9,13-14H2,1-5H3/b16-8+. The van der Waals surface area contributed by atoms with Crippen LogP contribution in [0.5, 0.6) is 0 Å². The second-order valence-electron chi connectivity index (χ2n) is 8.93. The van der Waals surface area contributed by atoms with Crippen LogP contribution in [0.15, 0.2) is 40.7 Å². The highest BCUT2D eigenvalue weighted by Gasteiger charge is 2.31. The van der Waals surface area contributed by atoms with Crippen LogP contribution >= 0.6 is 0 Å². The van der Waals surface area contributed by atoms with E-state index in [1.807, 2.05) is 26.1 Å². The smallest absolute Gasteiger partial charge is 0.227 e. The summed E-state index contributed by atoms with van der Waals surface area (Å²) in [6.07, 6.45) is 5.98. The third-order valence-corrected chi connectivity index (χ3v) is 5.62. The van der Waals surface area contributed by atoms with Gasteiger partial charge in [-0.2, -0.15) is 5.10 Å². The first-order chi connectivity index (χ1) is 16.0. The average molecular weight is 471 g/mol. The SMILES string of the molecule is C/C(=C\c1cnn(Cc2c(C)noc2C)c1)CC(=O)N(Cc1cc(F)ccc1F)C(C)(C)C=O. The van der Waals surface area contributed by atoms with Crippen LogP contribution in [-0.4, -0.2) is 37.6 Å². The number of benzene rings is 1. The van der Waals surface area contributed by atoms with E-state index < -0.39 is 17.2 Å². The summed E-state index contributed by atoms with van der Waals surface area (Å²) in [7, 11) is 0. The number of amides is 1. The second kappa shape index (κ2) is 10.1. The molecule has 2 heterocycles. The molecule has 0 N–H and O–H groups in total. The van der Waals surface area contributed by atoms with Crippen molar-refractivity contribution in [2.75, 3.05) is 0 Å². The van der Waals surface area contributed by atoms with Crippen molar-refractivity contribution in [3.05, 3.63) is 75.9 Å². The number of carbonyl (C=O) groups is 2. The molecule has 3 rings (SSSR count). The van der Waals surface area contributed by atoms with E-state index in [4.69, 9.17) is 4.52 Å². The summed E-state index contributed by atoms with van der Waals surface area (Å²) in [6, 6.07) is 3.05. The predicted octanol–water partition coefficient (Wildman–Crippen LogP) is 4.61. The van der Waals surface area contributed by atoms with Gasteiger partial charge in [-0.25, -0.2) is 8.78 Å². The third kappa shape index (κ3) is 5.84. The van der Waals surface area contributed by atoms with Crippen molar-refractivity contribution in [3.63, 3.8) is 0 Å². The van der Waals surface area contributed by atoms with Gasteiger partial charge in [0.2, 0.25) is 5.91 Å². The van der Waals surface area contributed by atoms with Crippen molar-refractivity contribution in [2.24, 2.45) is 0 Å². The minimum absolute atomic E-state index is 0.00323. The zero-order chi connectivity index (χ0) is 25.0. The molecule has 1 aromatic carbocycles. The molecule has 1 amide bonds. The molecule has 0 radical (unpaired) electrons. The van der Waals surface area contributed by atoms with Crippen LogP contribution < -0.4 is 0 Å². The van der Waals surface area contributed by atoms with Crippen molar-refractivity contribution >= 4 is 18.3 Å². The maximum Gasteiger partial charge on any atom is 0.227 e. The van der Waals surface area contributed by atoms with Crippen LogP contribution in [0.4, 0.5) is 8.78 Å². The van der Waals surface area contributed by atoms with Crippen LogP contribution in [0.3, 0.4) is 0 Å². The van der Waals surface area contributed by atoms with Gasteiger partial charge >= 0.3 is 0 Å². The molecule has 0 aliphatic rings. The van der Waals surface area contributed by atoms with Gasteiger partial charge in [0.25, 0.3) is 0 Å². The maximum absolute atomic E-state index is 14.2. The summed E-state index contributed by atoms with van der Waals surface area (Å²) in [5, 5.41) is 8.30. The third-order valence-electron chi connectivity index (χ3n) is 5.62. The van der Waals surface area contributed by atoms with Crippen LogP contribution in [-0.2, 0) is 22.7 Å². The maximum atomic E-state index is 14.2. The molecular formula is C25H28F2N4O3. The van der Waals surface area contributed by atoms with Gasteiger partial charge in [0.05, 0.1) is 24.0 Å². The Labute approximate surface area is 197 Å². The Morgan fingerprint density at radius 1 is 1.26 bits per heavy atom. The van der Waals surface area contributed by atoms with Crippen molar-refractivity contribution in [1.29, 1.82) is 0 Å². The number of aryl methyl sites for hydroxylation is 2. The van der Waals surface area contributed by atoms with Gasteiger partial charge in [-0.1, -0.05) is 16.8 Å². The first-order valence-corrected chi connectivity index (χ1v) is 10.8. The first-order valence-electron chi connectivity index (χ1n) is 10.8. The number of aldehydes is 1. The Morgan fingerprint density at radius 3 is 2.65 bits per heavy atom. The molecule has 34 heavy (non-hydrogen) atoms. The lowest BCUT2D eigenvalue weighted by molar-refractivity contribution is -0.140. The van der Waals surface area contributed by atoms with Crippen LogP contribution in [0, 0.1) is 25.5 Å². The van der Waals surface area contributed by atoms with Gasteiger partial charge in [0.15, 0.2) is 0 Å². The molecule has 3 aromatic rings. The first kappa shape index (κ1) is 25.0. The summed E-state index contributed by atoms with van der Waals surface area (Å²) in [4.78, 5) is 26.0. The minimum Gasteiger partial charge on any atom is -0.361 e. The molecule has 0 aliphatic heterocycles. The van der Waals surface area contributed by atoms with Gasteiger partial charge in [0.1, 0.15) is 23.7 Å². The Kier molecular flexibility index (Phi) is 7.44. The molecule has 0 aliphatic carbocycles. The largest absolute Gasteiger partial charge is 0.361 e. The summed E-state index contributed by atoms with van der Waals surface area (Å²) >= 11 is 0. The highest BCUT2D eigenvalue weighted by Crippen LogP contribution is 2.22. The fraction of sp³-hybridized carbons (Fsp3) is 0.360. The number of aromatic nitrogens is 3. The summed E-state index contributed by atoms with van der Waals surface area (Å²) in [5.41, 5.74) is 2.10. The minimum atomic E-state index is -1.20. The lowest BCUT2D eigenvalue weighted by Gasteiger charge is -2.34. The van der Waals surface area contributed by atoms with E-state index in [1.54, 1.807) is 31.6 Å². The number of nitrogens with zero attached hydrogens (tertiary/aromatic N) is 4. The second-order valence-corrected chi connectivity index (χ2v) is 8.93. The van der Waals surface area contributed by atoms with Gasteiger partial charge in [-0.05, 0) is 52.8 Å². The van der Waals surface area contributed by atoms with Crippen LogP contribution in [0.2, 0.25) is 0 Å². The quantitative estimate of drug-likeness (QED) is 0.427. The van der Waals surface area contributed by atoms with Gasteiger partial charge < -0.3 is 14.2 Å². The van der Waals surface area contributed by atoms with E-state index in [0.717, 1.165) is 46.4 Å². The fourth-order valence-electron chi connectivity index (χ4n) is 3.61. The van der Waals surface area contributed by atoms with E-state index in [-0.39, 0.29) is 24.4 Å². The molecular weight excluding hydrogens is 442 g/mol. The molecule has 180 valence electrons. The Morgan fingerprint density at radius 2 is 2.00 bits per heavy atom. The summed E-state index contributed by atoms with van der Waals surface area (Å²) in [6.45, 7) is 8.91. The molecule has 0 saturated heterocycles. The average Bonchev–Trinajstić information content (AvgIpc) is 3.35. The number of halogens is 2. The van der Waals surface area contributed by atoms with E-state index in [2.05, 4.69) is 10.3 Å². The van der Waals surface area contributed by atoms with Gasteiger partial charge in [-0.3, -0.25) is 9.48 Å². The summed E-state index contributed by atoms with van der Waals surface area (Å²) < 4.78 is 34.8. The fourth-order valence-corrected chi connectivity index (χ4v) is 3.61.